The number of hydrogen-bond acceptors (Lipinski definition) is 3. The van der Waals surface area contributed by atoms with Crippen LogP contribution in [0.15, 0.2) is 12.3 Å². The van der Waals surface area contributed by atoms with Crippen LogP contribution >= 0.6 is 11.8 Å². The summed E-state index contributed by atoms with van der Waals surface area (Å²) in [5.41, 5.74) is -0.310. The average Bonchev–Trinajstić information content (AvgIpc) is 2.44. The lowest BCUT2D eigenvalue weighted by atomic mass is 10.0. The zero-order chi connectivity index (χ0) is 14.5. The monoisotopic (exact) mass is 288 g/mol. The maximum Gasteiger partial charge on any atom is 0.254 e. The number of pyridine rings is 1. The fraction of sp³-hybridized carbons (Fsp3) is 0.538. The first-order chi connectivity index (χ1) is 8.99. The van der Waals surface area contributed by atoms with Gasteiger partial charge in [-0.3, -0.25) is 4.79 Å². The van der Waals surface area contributed by atoms with Crippen molar-refractivity contribution in [2.75, 3.05) is 12.8 Å². The fourth-order valence-electron chi connectivity index (χ4n) is 1.79. The molecule has 1 amide bonds. The van der Waals surface area contributed by atoms with Crippen LogP contribution in [0.3, 0.4) is 0 Å². The van der Waals surface area contributed by atoms with Crippen LogP contribution in [-0.2, 0) is 0 Å². The first kappa shape index (κ1) is 15.9. The Labute approximate surface area is 116 Å². The van der Waals surface area contributed by atoms with Crippen molar-refractivity contribution in [3.05, 3.63) is 29.6 Å². The Hall–Kier alpha value is -1.17. The molecular formula is C13H18F2N2OS. The van der Waals surface area contributed by atoms with Crippen LogP contribution < -0.4 is 5.32 Å². The molecular weight excluding hydrogens is 270 g/mol. The topological polar surface area (TPSA) is 42.0 Å². The molecule has 0 saturated heterocycles. The summed E-state index contributed by atoms with van der Waals surface area (Å²) in [6.07, 6.45) is 4.83. The highest BCUT2D eigenvalue weighted by Crippen LogP contribution is 2.29. The number of nitrogens with one attached hydrogen (secondary N) is 1. The number of hydrogen-bond donors (Lipinski definition) is 1. The molecule has 106 valence electrons. The second-order valence-electron chi connectivity index (χ2n) is 4.24. The molecule has 1 rings (SSSR count). The minimum Gasteiger partial charge on any atom is -0.351 e. The molecule has 0 aliphatic carbocycles. The largest absolute Gasteiger partial charge is 0.351 e. The Kier molecular flexibility index (Phi) is 5.72. The van der Waals surface area contributed by atoms with Crippen molar-refractivity contribution in [3.8, 4) is 0 Å². The SMILES string of the molecule is CCC(CC)(CNC(=O)c1ccnc(F)c1F)SC. The van der Waals surface area contributed by atoms with Gasteiger partial charge in [0.25, 0.3) is 5.91 Å². The summed E-state index contributed by atoms with van der Waals surface area (Å²) in [6, 6.07) is 1.17. The molecule has 1 N–H and O–H groups in total. The summed E-state index contributed by atoms with van der Waals surface area (Å²) in [5, 5.41) is 2.67. The van der Waals surface area contributed by atoms with E-state index in [9.17, 15) is 13.6 Å². The Morgan fingerprint density at radius 3 is 2.58 bits per heavy atom. The van der Waals surface area contributed by atoms with Crippen molar-refractivity contribution in [3.63, 3.8) is 0 Å². The molecule has 0 unspecified atom stereocenters. The molecule has 1 heterocycles. The summed E-state index contributed by atoms with van der Waals surface area (Å²) in [6.45, 7) is 4.50. The van der Waals surface area contributed by atoms with Crippen LogP contribution in [0.5, 0.6) is 0 Å². The van der Waals surface area contributed by atoms with Crippen molar-refractivity contribution in [2.24, 2.45) is 0 Å². The Morgan fingerprint density at radius 2 is 2.05 bits per heavy atom. The molecule has 0 radical (unpaired) electrons. The Bertz CT molecular complexity index is 442. The fourth-order valence-corrected chi connectivity index (χ4v) is 2.58. The van der Waals surface area contributed by atoms with E-state index in [4.69, 9.17) is 0 Å². The normalized spacial score (nSPS) is 11.4. The zero-order valence-corrected chi connectivity index (χ0v) is 12.1. The van der Waals surface area contributed by atoms with Crippen LogP contribution in [0, 0.1) is 11.8 Å². The first-order valence-corrected chi connectivity index (χ1v) is 7.35. The lowest BCUT2D eigenvalue weighted by molar-refractivity contribution is 0.0943. The number of rotatable bonds is 6. The lowest BCUT2D eigenvalue weighted by Crippen LogP contribution is -2.40. The van der Waals surface area contributed by atoms with Gasteiger partial charge in [-0.25, -0.2) is 9.37 Å². The molecule has 19 heavy (non-hydrogen) atoms. The number of carbonyl (C=O) groups excluding carboxylic acids is 1. The summed E-state index contributed by atoms with van der Waals surface area (Å²) in [4.78, 5) is 15.0. The van der Waals surface area contributed by atoms with Gasteiger partial charge in [0.05, 0.1) is 5.56 Å². The van der Waals surface area contributed by atoms with E-state index in [0.717, 1.165) is 19.0 Å². The molecule has 0 atom stereocenters. The number of nitrogens with zero attached hydrogens (tertiary/aromatic N) is 1. The summed E-state index contributed by atoms with van der Waals surface area (Å²) < 4.78 is 26.3. The Balaban J connectivity index is 2.78. The van der Waals surface area contributed by atoms with Gasteiger partial charge in [0.2, 0.25) is 5.95 Å². The molecule has 1 aromatic rings. The first-order valence-electron chi connectivity index (χ1n) is 6.13. The third-order valence-corrected chi connectivity index (χ3v) is 4.97. The van der Waals surface area contributed by atoms with Crippen LogP contribution in [0.4, 0.5) is 8.78 Å². The second kappa shape index (κ2) is 6.84. The number of carbonyl (C=O) groups is 1. The van der Waals surface area contributed by atoms with Crippen molar-refractivity contribution >= 4 is 17.7 Å². The van der Waals surface area contributed by atoms with Gasteiger partial charge < -0.3 is 5.32 Å². The lowest BCUT2D eigenvalue weighted by Gasteiger charge is -2.29. The molecule has 0 aromatic carbocycles. The number of halogens is 2. The van der Waals surface area contributed by atoms with Crippen molar-refractivity contribution < 1.29 is 13.6 Å². The van der Waals surface area contributed by atoms with E-state index in [2.05, 4.69) is 10.3 Å². The highest BCUT2D eigenvalue weighted by Gasteiger charge is 2.26. The standard InChI is InChI=1S/C13H18F2N2OS/c1-4-13(5-2,19-3)8-17-12(18)9-6-7-16-11(15)10(9)14/h6-7H,4-5,8H2,1-3H3,(H,17,18). The molecule has 0 saturated carbocycles. The summed E-state index contributed by atoms with van der Waals surface area (Å²) in [5.74, 6) is -3.07. The van der Waals surface area contributed by atoms with Gasteiger partial charge in [0.15, 0.2) is 5.82 Å². The van der Waals surface area contributed by atoms with E-state index in [1.807, 2.05) is 20.1 Å². The summed E-state index contributed by atoms with van der Waals surface area (Å²) >= 11 is 1.67. The van der Waals surface area contributed by atoms with E-state index >= 15 is 0 Å². The third kappa shape index (κ3) is 3.65. The maximum absolute atomic E-state index is 13.4. The number of thioether (sulfide) groups is 1. The quantitative estimate of drug-likeness (QED) is 0.818. The van der Waals surface area contributed by atoms with Gasteiger partial charge >= 0.3 is 0 Å². The third-order valence-electron chi connectivity index (χ3n) is 3.38. The van der Waals surface area contributed by atoms with Crippen molar-refractivity contribution in [2.45, 2.75) is 31.4 Å². The van der Waals surface area contributed by atoms with Crippen LogP contribution in [0.1, 0.15) is 37.0 Å². The van der Waals surface area contributed by atoms with E-state index in [1.54, 1.807) is 11.8 Å². The molecule has 6 heteroatoms. The van der Waals surface area contributed by atoms with E-state index in [0.29, 0.717) is 6.54 Å². The summed E-state index contributed by atoms with van der Waals surface area (Å²) in [7, 11) is 0. The van der Waals surface area contributed by atoms with Crippen LogP contribution in [-0.4, -0.2) is 28.4 Å². The van der Waals surface area contributed by atoms with Crippen molar-refractivity contribution in [1.82, 2.24) is 10.3 Å². The number of aromatic nitrogens is 1. The van der Waals surface area contributed by atoms with Gasteiger partial charge in [0.1, 0.15) is 0 Å². The minimum atomic E-state index is -1.25. The van der Waals surface area contributed by atoms with Crippen LogP contribution in [0.2, 0.25) is 0 Å². The highest BCUT2D eigenvalue weighted by atomic mass is 32.2. The van der Waals surface area contributed by atoms with Gasteiger partial charge in [-0.2, -0.15) is 16.2 Å². The van der Waals surface area contributed by atoms with Crippen molar-refractivity contribution in [1.29, 1.82) is 0 Å². The van der Waals surface area contributed by atoms with Gasteiger partial charge in [-0.05, 0) is 25.2 Å². The van der Waals surface area contributed by atoms with Gasteiger partial charge in [-0.15, -0.1) is 0 Å². The van der Waals surface area contributed by atoms with Gasteiger partial charge in [-0.1, -0.05) is 13.8 Å². The molecule has 0 aliphatic heterocycles. The van der Waals surface area contributed by atoms with Crippen LogP contribution in [0.25, 0.3) is 0 Å². The van der Waals surface area contributed by atoms with E-state index in [-0.39, 0.29) is 10.3 Å². The molecule has 1 aromatic heterocycles. The Morgan fingerprint density at radius 1 is 1.42 bits per heavy atom. The zero-order valence-electron chi connectivity index (χ0n) is 11.3. The van der Waals surface area contributed by atoms with Gasteiger partial charge in [0, 0.05) is 17.5 Å². The molecule has 0 spiro atoms. The predicted octanol–water partition coefficient (Wildman–Crippen LogP) is 3.01. The molecule has 3 nitrogen and oxygen atoms in total. The number of amides is 1. The second-order valence-corrected chi connectivity index (χ2v) is 5.51. The predicted molar refractivity (Wildman–Crippen MR) is 73.3 cm³/mol. The van der Waals surface area contributed by atoms with E-state index < -0.39 is 17.7 Å². The average molecular weight is 288 g/mol. The van der Waals surface area contributed by atoms with E-state index in [1.165, 1.54) is 6.07 Å². The minimum absolute atomic E-state index is 0.0717. The highest BCUT2D eigenvalue weighted by molar-refractivity contribution is 8.00. The smallest absolute Gasteiger partial charge is 0.254 e. The molecule has 0 fully saturated rings. The molecule has 0 bridgehead atoms. The maximum atomic E-state index is 13.4. The molecule has 0 aliphatic rings.